The lowest BCUT2D eigenvalue weighted by atomic mass is 9.52. The molecule has 0 aromatic carbocycles. The summed E-state index contributed by atoms with van der Waals surface area (Å²) in [7, 11) is -2.96. The summed E-state index contributed by atoms with van der Waals surface area (Å²) >= 11 is 0. The quantitative estimate of drug-likeness (QED) is 0.112. The van der Waals surface area contributed by atoms with Crippen LogP contribution in [0.1, 0.15) is 57.4 Å². The summed E-state index contributed by atoms with van der Waals surface area (Å²) < 4.78 is 45.0. The van der Waals surface area contributed by atoms with E-state index in [1.54, 1.807) is 26.8 Å². The van der Waals surface area contributed by atoms with E-state index in [0.717, 1.165) is 0 Å². The van der Waals surface area contributed by atoms with Gasteiger partial charge in [0.1, 0.15) is 28.6 Å². The lowest BCUT2D eigenvalue weighted by Gasteiger charge is -2.60. The van der Waals surface area contributed by atoms with Crippen molar-refractivity contribution >= 4 is 13.7 Å². The number of carbonyl (C=O) groups is 1. The molecule has 13 nitrogen and oxygen atoms in total. The Morgan fingerprint density at radius 3 is 2.62 bits per heavy atom. The highest BCUT2D eigenvalue weighted by atomic mass is 31.2. The third kappa shape index (κ3) is 2.43. The molecular weight excluding hydrogens is 571 g/mol. The molecule has 6 bridgehead atoms. The number of nitrogens with one attached hydrogen (secondary N) is 2. The Morgan fingerprint density at radius 1 is 1.29 bits per heavy atom. The van der Waals surface area contributed by atoms with Gasteiger partial charge in [-0.2, -0.15) is 0 Å². The van der Waals surface area contributed by atoms with Crippen LogP contribution in [0.15, 0.2) is 30.5 Å². The molecule has 4 aliphatic carbocycles. The van der Waals surface area contributed by atoms with Gasteiger partial charge in [0, 0.05) is 31.7 Å². The van der Waals surface area contributed by atoms with Gasteiger partial charge in [0.15, 0.2) is 23.1 Å². The molecule has 8 rings (SSSR count). The molecule has 1 aromatic rings. The lowest BCUT2D eigenvalue weighted by Crippen LogP contribution is -2.77. The zero-order valence-corrected chi connectivity index (χ0v) is 25.2. The first kappa shape index (κ1) is 29.1. The fraction of sp³-hybridized carbons (Fsp3) is 0.750. The maximum atomic E-state index is 14.6. The smallest absolute Gasteiger partial charge is 0.407 e. The molecule has 0 amide bonds. The minimum atomic E-state index is -4.42. The van der Waals surface area contributed by atoms with Crippen molar-refractivity contribution in [1.82, 2.24) is 10.1 Å². The summed E-state index contributed by atoms with van der Waals surface area (Å²) in [6, 6.07) is 3.08. The zero-order chi connectivity index (χ0) is 30.6. The number of carbonyl (C=O) groups excluding carboxylic acids is 1. The average molecular weight is 611 g/mol. The van der Waals surface area contributed by atoms with Crippen LogP contribution in [0.2, 0.25) is 0 Å². The molecule has 2 spiro atoms. The van der Waals surface area contributed by atoms with Gasteiger partial charge in [-0.15, -0.1) is 0 Å². The highest BCUT2D eigenvalue weighted by Gasteiger charge is 3.12. The molecule has 7 aliphatic rings. The van der Waals surface area contributed by atoms with Crippen molar-refractivity contribution in [3.8, 4) is 0 Å². The molecule has 4 heterocycles. The molecule has 11 atom stereocenters. The normalized spacial score (nSPS) is 55.0. The Balaban J connectivity index is 1.56. The number of aliphatic hydroxyl groups is 4. The Kier molecular flexibility index (Phi) is 5.51. The van der Waals surface area contributed by atoms with Crippen molar-refractivity contribution in [3.63, 3.8) is 0 Å². The second-order valence-electron chi connectivity index (χ2n) is 13.5. The van der Waals surface area contributed by atoms with Crippen LogP contribution in [-0.2, 0) is 27.8 Å². The van der Waals surface area contributed by atoms with Crippen LogP contribution >= 0.6 is 7.75 Å². The fourth-order valence-electron chi connectivity index (χ4n) is 10.3. The molecule has 0 radical (unpaired) electrons. The van der Waals surface area contributed by atoms with Crippen molar-refractivity contribution in [3.05, 3.63) is 36.2 Å². The Hall–Kier alpha value is -1.64. The minimum absolute atomic E-state index is 0.0253. The molecule has 7 fully saturated rings. The van der Waals surface area contributed by atoms with Crippen molar-refractivity contribution in [2.45, 2.75) is 93.0 Å². The first-order valence-corrected chi connectivity index (χ1v) is 15.9. The van der Waals surface area contributed by atoms with Crippen molar-refractivity contribution in [2.75, 3.05) is 20.3 Å². The van der Waals surface area contributed by atoms with E-state index in [1.807, 2.05) is 0 Å². The first-order valence-electron chi connectivity index (χ1n) is 14.3. The van der Waals surface area contributed by atoms with Crippen molar-refractivity contribution in [2.24, 2.45) is 16.7 Å². The lowest BCUT2D eigenvalue weighted by molar-refractivity contribution is -0.381. The summed E-state index contributed by atoms with van der Waals surface area (Å²) in [6.45, 7) is 10.7. The number of hydrogen-bond donors (Lipinski definition) is 6. The Morgan fingerprint density at radius 2 is 2.00 bits per heavy atom. The third-order valence-corrected chi connectivity index (χ3v) is 13.6. The number of rotatable bonds is 7. The van der Waals surface area contributed by atoms with Gasteiger partial charge in [-0.05, 0) is 43.4 Å². The van der Waals surface area contributed by atoms with Gasteiger partial charge in [0.05, 0.1) is 12.0 Å². The monoisotopic (exact) mass is 610 g/mol. The van der Waals surface area contributed by atoms with Crippen molar-refractivity contribution in [1.29, 1.82) is 0 Å². The number of aromatic nitrogens is 1. The predicted molar refractivity (Wildman–Crippen MR) is 144 cm³/mol. The summed E-state index contributed by atoms with van der Waals surface area (Å²) in [6.07, 6.45) is -1.67. The highest BCUT2D eigenvalue weighted by molar-refractivity contribution is 7.51. The molecule has 4 saturated carbocycles. The summed E-state index contributed by atoms with van der Waals surface area (Å²) in [5.74, 6) is -3.92. The third-order valence-electron chi connectivity index (χ3n) is 12.0. The van der Waals surface area contributed by atoms with E-state index in [0.29, 0.717) is 5.57 Å². The maximum Gasteiger partial charge on any atom is 0.407 e. The van der Waals surface area contributed by atoms with E-state index >= 15 is 0 Å². The molecular formula is C28H39N2O11P. The Bertz CT molecular complexity index is 1440. The standard InChI is InChI=1S/C28H39N2O11P/c1-15(2)25(34)20(38-19(31)17-8-7-11-29-17)26(35)21(4)14-24(33)22(25,5)28(26)27(40-24)18(16(3)9-10-23(21,27)32)39-42(36,41-28)30-12-13-37-6/h7-8,11,15,18,20,29,32-35H,3,9-10,12-14H2,1-2,4-6H3,(H,30,36)/t18-,20-,21+,22-,23+,24+,25?,26-,27-,28+,42-/m1/s1. The number of hydrogen-bond acceptors (Lipinski definition) is 11. The largest absolute Gasteiger partial charge is 0.451 e. The van der Waals surface area contributed by atoms with Gasteiger partial charge >= 0.3 is 13.7 Å². The van der Waals surface area contributed by atoms with Crippen molar-refractivity contribution < 1.29 is 53.0 Å². The van der Waals surface area contributed by atoms with Gasteiger partial charge < -0.3 is 39.6 Å². The van der Waals surface area contributed by atoms with Gasteiger partial charge in [-0.3, -0.25) is 9.05 Å². The molecule has 1 aromatic heterocycles. The van der Waals surface area contributed by atoms with Crippen LogP contribution in [0.3, 0.4) is 0 Å². The predicted octanol–water partition coefficient (Wildman–Crippen LogP) is 1.14. The summed E-state index contributed by atoms with van der Waals surface area (Å²) in [4.78, 5) is 16.3. The molecule has 14 heteroatoms. The number of ether oxygens (including phenoxy) is 3. The Labute approximate surface area is 243 Å². The van der Waals surface area contributed by atoms with E-state index in [4.69, 9.17) is 23.3 Å². The molecule has 6 N–H and O–H groups in total. The SMILES string of the molecule is C=C1CC[C@]2(O)[C@]3(C)C[C@]4(O)O[C@]25[C@@H]1O[P@](=O)(NCCOC)O[C@@]51[C@@]3(O)[C@H](OC(=O)c2ccc[nH]2)C(O)(C(C)C)[C@]14C. The van der Waals surface area contributed by atoms with Gasteiger partial charge in [-0.25, -0.2) is 14.4 Å². The second kappa shape index (κ2) is 7.95. The molecule has 1 unspecified atom stereocenters. The molecule has 232 valence electrons. The number of methoxy groups -OCH3 is 1. The highest BCUT2D eigenvalue weighted by Crippen LogP contribution is 2.94. The number of aromatic amines is 1. The first-order chi connectivity index (χ1) is 19.5. The molecule has 3 aliphatic heterocycles. The fourth-order valence-corrected chi connectivity index (χ4v) is 12.2. The van der Waals surface area contributed by atoms with Crippen LogP contribution in [-0.4, -0.2) is 97.6 Å². The van der Waals surface area contributed by atoms with Gasteiger partial charge in [0.25, 0.3) is 0 Å². The zero-order valence-electron chi connectivity index (χ0n) is 24.3. The van der Waals surface area contributed by atoms with Crippen LogP contribution in [0.5, 0.6) is 0 Å². The summed E-state index contributed by atoms with van der Waals surface area (Å²) in [5, 5.41) is 54.6. The van der Waals surface area contributed by atoms with Crippen LogP contribution < -0.4 is 5.09 Å². The molecule has 3 saturated heterocycles. The van der Waals surface area contributed by atoms with E-state index in [1.165, 1.54) is 26.3 Å². The van der Waals surface area contributed by atoms with Crippen LogP contribution in [0.25, 0.3) is 0 Å². The second-order valence-corrected chi connectivity index (χ2v) is 15.3. The number of esters is 1. The van der Waals surface area contributed by atoms with Gasteiger partial charge in [0.2, 0.25) is 0 Å². The number of H-pyrrole nitrogens is 1. The van der Waals surface area contributed by atoms with E-state index in [9.17, 15) is 29.8 Å². The molecule has 42 heavy (non-hydrogen) atoms. The topological polar surface area (TPSA) is 189 Å². The summed E-state index contributed by atoms with van der Waals surface area (Å²) in [5.41, 5.74) is -14.4. The van der Waals surface area contributed by atoms with Gasteiger partial charge in [-0.1, -0.05) is 27.4 Å². The van der Waals surface area contributed by atoms with Crippen LogP contribution in [0, 0.1) is 16.7 Å². The maximum absolute atomic E-state index is 14.6. The van der Waals surface area contributed by atoms with E-state index < -0.39 is 76.5 Å². The van der Waals surface area contributed by atoms with Crippen LogP contribution in [0.4, 0.5) is 0 Å². The van der Waals surface area contributed by atoms with E-state index in [-0.39, 0.29) is 38.1 Å². The van der Waals surface area contributed by atoms with E-state index in [2.05, 4.69) is 16.7 Å². The average Bonchev–Trinajstić information content (AvgIpc) is 3.55. The minimum Gasteiger partial charge on any atom is -0.451 e.